The number of carbonyl (C=O) groups excluding carboxylic acids is 1. The maximum absolute atomic E-state index is 11.7. The molecule has 0 spiro atoms. The van der Waals surface area contributed by atoms with Crippen LogP contribution in [0.25, 0.3) is 5.57 Å². The van der Waals surface area contributed by atoms with Gasteiger partial charge in [0, 0.05) is 0 Å². The minimum absolute atomic E-state index is 0.214. The fourth-order valence-corrected chi connectivity index (χ4v) is 1.32. The van der Waals surface area contributed by atoms with Crippen LogP contribution in [0.2, 0.25) is 0 Å². The van der Waals surface area contributed by atoms with Gasteiger partial charge in [0.15, 0.2) is 0 Å². The Morgan fingerprint density at radius 1 is 1.00 bits per heavy atom. The second kappa shape index (κ2) is 5.38. The highest BCUT2D eigenvalue weighted by Crippen LogP contribution is 2.23. The molecule has 2 heteroatoms. The molecule has 0 heterocycles. The number of benzene rings is 1. The van der Waals surface area contributed by atoms with E-state index in [1.54, 1.807) is 0 Å². The molecular weight excluding hydrogens is 224 g/mol. The van der Waals surface area contributed by atoms with Crippen molar-refractivity contribution in [3.8, 4) is 5.75 Å². The van der Waals surface area contributed by atoms with Crippen LogP contribution >= 0.6 is 0 Å². The summed E-state index contributed by atoms with van der Waals surface area (Å²) < 4.78 is 5.32. The van der Waals surface area contributed by atoms with Crippen LogP contribution < -0.4 is 4.74 Å². The summed E-state index contributed by atoms with van der Waals surface area (Å²) in [5, 5.41) is 0. The predicted molar refractivity (Wildman–Crippen MR) is 75.5 cm³/mol. The molecule has 1 rings (SSSR count). The molecule has 1 aromatic carbocycles. The molecule has 0 atom stereocenters. The van der Waals surface area contributed by atoms with Crippen molar-refractivity contribution in [3.05, 3.63) is 35.4 Å². The third-order valence-electron chi connectivity index (χ3n) is 2.86. The van der Waals surface area contributed by atoms with Gasteiger partial charge >= 0.3 is 5.97 Å². The average molecular weight is 246 g/mol. The lowest BCUT2D eigenvalue weighted by molar-refractivity contribution is -0.142. The second-order valence-electron chi connectivity index (χ2n) is 5.79. The maximum atomic E-state index is 11.7. The first kappa shape index (κ1) is 14.5. The normalized spacial score (nSPS) is 11.0. The lowest BCUT2D eigenvalue weighted by atomic mass is 9.97. The third-order valence-corrected chi connectivity index (χ3v) is 2.86. The summed E-state index contributed by atoms with van der Waals surface area (Å²) in [5.41, 5.74) is 3.22. The number of rotatable bonds is 2. The van der Waals surface area contributed by atoms with Gasteiger partial charge in [0.2, 0.25) is 0 Å². The fraction of sp³-hybridized carbons (Fsp3) is 0.438. The van der Waals surface area contributed by atoms with Gasteiger partial charge in [-0.1, -0.05) is 17.7 Å². The maximum Gasteiger partial charge on any atom is 0.316 e. The molecule has 18 heavy (non-hydrogen) atoms. The SMILES string of the molecule is CC(C)=C(C)c1ccc(OC(=O)C(C)(C)C)cc1. The number of allylic oxidation sites excluding steroid dienone is 2. The van der Waals surface area contributed by atoms with Crippen LogP contribution in [0.4, 0.5) is 0 Å². The van der Waals surface area contributed by atoms with Crippen LogP contribution in [0.15, 0.2) is 29.8 Å². The molecule has 0 saturated carbocycles. The Morgan fingerprint density at radius 3 is 1.89 bits per heavy atom. The minimum atomic E-state index is -0.478. The average Bonchev–Trinajstić information content (AvgIpc) is 2.27. The van der Waals surface area contributed by atoms with Gasteiger partial charge in [-0.15, -0.1) is 0 Å². The van der Waals surface area contributed by atoms with Crippen molar-refractivity contribution in [2.45, 2.75) is 41.5 Å². The standard InChI is InChI=1S/C16H22O2/c1-11(2)12(3)13-7-9-14(10-8-13)18-15(17)16(4,5)6/h7-10H,1-6H3. The van der Waals surface area contributed by atoms with Gasteiger partial charge in [0.1, 0.15) is 5.75 Å². The van der Waals surface area contributed by atoms with Crippen LogP contribution in [0.3, 0.4) is 0 Å². The van der Waals surface area contributed by atoms with Crippen LogP contribution in [0, 0.1) is 5.41 Å². The monoisotopic (exact) mass is 246 g/mol. The first-order chi connectivity index (χ1) is 8.21. The van der Waals surface area contributed by atoms with E-state index < -0.39 is 5.41 Å². The molecule has 0 unspecified atom stereocenters. The summed E-state index contributed by atoms with van der Waals surface area (Å²) in [4.78, 5) is 11.7. The molecule has 0 amide bonds. The molecule has 2 nitrogen and oxygen atoms in total. The molecule has 0 radical (unpaired) electrons. The van der Waals surface area contributed by atoms with Gasteiger partial charge in [0.05, 0.1) is 5.41 Å². The first-order valence-corrected chi connectivity index (χ1v) is 6.18. The van der Waals surface area contributed by atoms with Gasteiger partial charge in [-0.3, -0.25) is 4.79 Å². The highest BCUT2D eigenvalue weighted by atomic mass is 16.5. The zero-order chi connectivity index (χ0) is 13.9. The molecule has 0 aliphatic rings. The van der Waals surface area contributed by atoms with E-state index in [4.69, 9.17) is 4.74 Å². The van der Waals surface area contributed by atoms with Crippen molar-refractivity contribution in [3.63, 3.8) is 0 Å². The Hall–Kier alpha value is -1.57. The highest BCUT2D eigenvalue weighted by Gasteiger charge is 2.23. The molecule has 0 saturated heterocycles. The van der Waals surface area contributed by atoms with Gasteiger partial charge in [-0.2, -0.15) is 0 Å². The summed E-state index contributed by atoms with van der Waals surface area (Å²) >= 11 is 0. The van der Waals surface area contributed by atoms with E-state index in [0.717, 1.165) is 5.56 Å². The highest BCUT2D eigenvalue weighted by molar-refractivity contribution is 5.78. The molecule has 0 bridgehead atoms. The van der Waals surface area contributed by atoms with Crippen LogP contribution in [0.5, 0.6) is 5.75 Å². The summed E-state index contributed by atoms with van der Waals surface area (Å²) in [6, 6.07) is 7.64. The van der Waals surface area contributed by atoms with E-state index in [9.17, 15) is 4.79 Å². The molecular formula is C16H22O2. The summed E-state index contributed by atoms with van der Waals surface area (Å²) in [6.07, 6.45) is 0. The topological polar surface area (TPSA) is 26.3 Å². The number of ether oxygens (including phenoxy) is 1. The quantitative estimate of drug-likeness (QED) is 0.569. The van der Waals surface area contributed by atoms with Crippen molar-refractivity contribution in [1.82, 2.24) is 0 Å². The number of carbonyl (C=O) groups is 1. The first-order valence-electron chi connectivity index (χ1n) is 6.18. The summed E-state index contributed by atoms with van der Waals surface area (Å²) in [7, 11) is 0. The van der Waals surface area contributed by atoms with Crippen molar-refractivity contribution in [2.75, 3.05) is 0 Å². The number of hydrogen-bond acceptors (Lipinski definition) is 2. The molecule has 0 aromatic heterocycles. The second-order valence-corrected chi connectivity index (χ2v) is 5.79. The third kappa shape index (κ3) is 3.73. The largest absolute Gasteiger partial charge is 0.426 e. The van der Waals surface area contributed by atoms with Crippen molar-refractivity contribution >= 4 is 11.5 Å². The van der Waals surface area contributed by atoms with E-state index in [1.165, 1.54) is 11.1 Å². The molecule has 98 valence electrons. The van der Waals surface area contributed by atoms with E-state index in [2.05, 4.69) is 20.8 Å². The van der Waals surface area contributed by atoms with Crippen LogP contribution in [-0.2, 0) is 4.79 Å². The Balaban J connectivity index is 2.85. The Labute approximate surface area is 110 Å². The van der Waals surface area contributed by atoms with Crippen LogP contribution in [0.1, 0.15) is 47.1 Å². The van der Waals surface area contributed by atoms with Gasteiger partial charge < -0.3 is 4.74 Å². The summed E-state index contributed by atoms with van der Waals surface area (Å²) in [5.74, 6) is 0.384. The van der Waals surface area contributed by atoms with Gasteiger partial charge in [-0.25, -0.2) is 0 Å². The molecule has 0 N–H and O–H groups in total. The zero-order valence-electron chi connectivity index (χ0n) is 12.1. The van der Waals surface area contributed by atoms with Gasteiger partial charge in [-0.05, 0) is 64.8 Å². The Morgan fingerprint density at radius 2 is 1.50 bits per heavy atom. The molecule has 0 fully saturated rings. The Kier molecular flexibility index (Phi) is 4.33. The minimum Gasteiger partial charge on any atom is -0.426 e. The number of hydrogen-bond donors (Lipinski definition) is 0. The van der Waals surface area contributed by atoms with Crippen molar-refractivity contribution in [1.29, 1.82) is 0 Å². The predicted octanol–water partition coefficient (Wildman–Crippen LogP) is 4.45. The molecule has 0 aliphatic heterocycles. The Bertz CT molecular complexity index is 455. The lowest BCUT2D eigenvalue weighted by Gasteiger charge is -2.16. The van der Waals surface area contributed by atoms with Crippen molar-refractivity contribution < 1.29 is 9.53 Å². The lowest BCUT2D eigenvalue weighted by Crippen LogP contribution is -2.25. The van der Waals surface area contributed by atoms with E-state index >= 15 is 0 Å². The van der Waals surface area contributed by atoms with Gasteiger partial charge in [0.25, 0.3) is 0 Å². The number of esters is 1. The molecule has 0 aliphatic carbocycles. The van der Waals surface area contributed by atoms with E-state index in [-0.39, 0.29) is 5.97 Å². The summed E-state index contributed by atoms with van der Waals surface area (Å²) in [6.45, 7) is 11.8. The van der Waals surface area contributed by atoms with E-state index in [0.29, 0.717) is 5.75 Å². The zero-order valence-corrected chi connectivity index (χ0v) is 12.1. The van der Waals surface area contributed by atoms with Crippen LogP contribution in [-0.4, -0.2) is 5.97 Å². The fourth-order valence-electron chi connectivity index (χ4n) is 1.32. The molecule has 1 aromatic rings. The van der Waals surface area contributed by atoms with Crippen molar-refractivity contribution in [2.24, 2.45) is 5.41 Å². The van der Waals surface area contributed by atoms with E-state index in [1.807, 2.05) is 45.0 Å². The smallest absolute Gasteiger partial charge is 0.316 e.